The number of nitrogens with zero attached hydrogens (tertiary/aromatic N) is 4. The van der Waals surface area contributed by atoms with E-state index in [1.807, 2.05) is 6.07 Å². The van der Waals surface area contributed by atoms with Crippen LogP contribution < -0.4 is 46.9 Å². The third-order valence-electron chi connectivity index (χ3n) is 28.4. The highest BCUT2D eigenvalue weighted by atomic mass is 28.4. The standard InChI is InChI=1S/C110H172N4O11Si3/c1-27-35-39-88(31-5)75-119-106-59-50-99(112(70-93-45-55-103(56-46-93)124-127(82(15)16,83(17)18)84(19)20)74-97-67-101(114(115)116)52-61-108(97)121-77-90(33-7)41-37-29-3)65-95(106)72-111(69-92-43-53-102(54-44-92)123-126(79(9)10,80(11)12)81(13)14)98-49-60-107(120-76-89(32-6)40-36-28-2)96(66-98)73-113(71-94-47-57-104(58-48-94)125-128(85(21)22,86(23)24)87(25)26)100-51-62-109(105(68-100)110-117-63-64-118-110)122-78-91(34-8)42-38-30-4/h43-62,65-68,79-91,110H,27-42,63-64,69-78H2,1-26H3. The highest BCUT2D eigenvalue weighted by Gasteiger charge is 2.49. The van der Waals surface area contributed by atoms with Gasteiger partial charge in [-0.15, -0.1) is 0 Å². The molecule has 1 aliphatic rings. The van der Waals surface area contributed by atoms with Crippen LogP contribution in [0.1, 0.15) is 328 Å². The van der Waals surface area contributed by atoms with E-state index in [0.29, 0.717) is 158 Å². The number of benzene rings is 7. The van der Waals surface area contributed by atoms with Crippen molar-refractivity contribution in [3.63, 3.8) is 0 Å². The second-order valence-electron chi connectivity index (χ2n) is 40.1. The molecule has 0 amide bonds. The molecule has 8 rings (SSSR count). The quantitative estimate of drug-likeness (QED) is 0.0203. The molecule has 7 aromatic rings. The fourth-order valence-corrected chi connectivity index (χ4v) is 36.4. The van der Waals surface area contributed by atoms with Crippen LogP contribution in [0.15, 0.2) is 146 Å². The highest BCUT2D eigenvalue weighted by molar-refractivity contribution is 6.79. The number of unbranched alkanes of at least 4 members (excludes halogenated alkanes) is 4. The zero-order valence-corrected chi connectivity index (χ0v) is 87.5. The Hall–Kier alpha value is -7.49. The summed E-state index contributed by atoms with van der Waals surface area (Å²) < 4.78 is 63.6. The molecule has 0 spiro atoms. The van der Waals surface area contributed by atoms with Crippen LogP contribution in [0, 0.1) is 33.8 Å². The normalized spacial score (nSPS) is 14.0. The van der Waals surface area contributed by atoms with Crippen LogP contribution in [-0.2, 0) is 48.7 Å². The second kappa shape index (κ2) is 52.1. The molecule has 7 aromatic carbocycles. The van der Waals surface area contributed by atoms with Crippen molar-refractivity contribution >= 4 is 47.7 Å². The number of nitro benzene ring substituents is 1. The van der Waals surface area contributed by atoms with Gasteiger partial charge in [-0.1, -0.05) is 293 Å². The maximum atomic E-state index is 13.0. The van der Waals surface area contributed by atoms with E-state index < -0.39 is 31.2 Å². The smallest absolute Gasteiger partial charge is 0.270 e. The fourth-order valence-electron chi connectivity index (χ4n) is 20.7. The first-order chi connectivity index (χ1) is 61.3. The lowest BCUT2D eigenvalue weighted by atomic mass is 10.0. The summed E-state index contributed by atoms with van der Waals surface area (Å²) in [5.74, 6) is 7.32. The lowest BCUT2D eigenvalue weighted by Gasteiger charge is -2.42. The topological polar surface area (TPSA) is 136 Å². The minimum atomic E-state index is -2.33. The average Bonchev–Trinajstić information content (AvgIpc) is 0.994. The molecule has 0 saturated carbocycles. The van der Waals surface area contributed by atoms with Gasteiger partial charge in [-0.05, 0) is 213 Å². The Kier molecular flexibility index (Phi) is 43.1. The molecule has 710 valence electrons. The monoisotopic (exact) mass is 1810 g/mol. The van der Waals surface area contributed by atoms with Crippen LogP contribution in [0.4, 0.5) is 22.7 Å². The van der Waals surface area contributed by atoms with Crippen molar-refractivity contribution in [2.75, 3.05) is 54.3 Å². The molecule has 0 bridgehead atoms. The Labute approximate surface area is 780 Å². The molecule has 1 heterocycles. The van der Waals surface area contributed by atoms with Crippen molar-refractivity contribution in [2.24, 2.45) is 23.7 Å². The van der Waals surface area contributed by atoms with Crippen LogP contribution in [0.2, 0.25) is 49.9 Å². The van der Waals surface area contributed by atoms with Crippen molar-refractivity contribution in [3.8, 4) is 40.2 Å². The van der Waals surface area contributed by atoms with Gasteiger partial charge in [-0.25, -0.2) is 0 Å². The van der Waals surface area contributed by atoms with Gasteiger partial charge in [0.1, 0.15) is 40.2 Å². The van der Waals surface area contributed by atoms with Gasteiger partial charge in [0.05, 0.1) is 50.1 Å². The second-order valence-corrected chi connectivity index (χ2v) is 56.2. The molecule has 1 saturated heterocycles. The van der Waals surface area contributed by atoms with Gasteiger partial charge in [0.2, 0.25) is 0 Å². The molecule has 4 unspecified atom stereocenters. The van der Waals surface area contributed by atoms with E-state index in [4.69, 9.17) is 41.7 Å². The van der Waals surface area contributed by atoms with Gasteiger partial charge < -0.3 is 56.4 Å². The summed E-state index contributed by atoms with van der Waals surface area (Å²) in [5.41, 5.74) is 13.7. The number of nitro groups is 1. The number of anilines is 3. The maximum Gasteiger partial charge on any atom is 0.270 e. The van der Waals surface area contributed by atoms with Crippen molar-refractivity contribution in [1.82, 2.24) is 0 Å². The minimum Gasteiger partial charge on any atom is -0.543 e. The number of ether oxygens (including phenoxy) is 6. The first kappa shape index (κ1) is 106. The summed E-state index contributed by atoms with van der Waals surface area (Å²) in [6.45, 7) is 66.5. The molecule has 18 heteroatoms. The molecular weight excluding hydrogens is 1640 g/mol. The Bertz CT molecular complexity index is 4310. The number of hydrogen-bond donors (Lipinski definition) is 0. The third kappa shape index (κ3) is 28.8. The third-order valence-corrected chi connectivity index (χ3v) is 46.4. The van der Waals surface area contributed by atoms with Gasteiger partial charge in [-0.2, -0.15) is 0 Å². The van der Waals surface area contributed by atoms with Crippen LogP contribution in [0.25, 0.3) is 0 Å². The van der Waals surface area contributed by atoms with Gasteiger partial charge >= 0.3 is 0 Å². The van der Waals surface area contributed by atoms with Crippen LogP contribution in [0.5, 0.6) is 40.2 Å². The van der Waals surface area contributed by atoms with E-state index in [2.05, 4.69) is 322 Å². The lowest BCUT2D eigenvalue weighted by Crippen LogP contribution is -2.50. The number of rotatable bonds is 60. The SMILES string of the molecule is CCCCC(CC)COc1ccc(N(Cc2ccc(O[Si](C(C)C)(C(C)C)C(C)C)cc2)Cc2cc([N+](=O)[O-])ccc2OCC(CC)CCCC)cc1CN(Cc1ccc(O[Si](C(C)C)(C(C)C)C(C)C)cc1)c1ccc(OCC(CC)CCCC)c(CN(Cc2ccc(O[Si](C(C)C)(C(C)C)C(C)C)cc2)c2ccc(OCC(CC)CCCC)c(C3OCCO3)c2)c1. The predicted octanol–water partition coefficient (Wildman–Crippen LogP) is 32.3. The fraction of sp³-hybridized carbons (Fsp3) is 0.618. The van der Waals surface area contributed by atoms with E-state index in [1.165, 1.54) is 0 Å². The number of hydrogen-bond acceptors (Lipinski definition) is 14. The molecule has 15 nitrogen and oxygen atoms in total. The molecule has 1 fully saturated rings. The molecule has 0 radical (unpaired) electrons. The van der Waals surface area contributed by atoms with E-state index in [0.717, 1.165) is 193 Å². The van der Waals surface area contributed by atoms with Gasteiger partial charge in [0, 0.05) is 85.2 Å². The van der Waals surface area contributed by atoms with Crippen LogP contribution in [0.3, 0.4) is 0 Å². The molecule has 1 aliphatic heterocycles. The first-order valence-corrected chi connectivity index (χ1v) is 56.7. The largest absolute Gasteiger partial charge is 0.543 e. The summed E-state index contributed by atoms with van der Waals surface area (Å²) in [5, 5.41) is 13.0. The Balaban J connectivity index is 1.40. The van der Waals surface area contributed by atoms with E-state index in [1.54, 1.807) is 12.1 Å². The molecule has 0 N–H and O–H groups in total. The predicted molar refractivity (Wildman–Crippen MR) is 546 cm³/mol. The van der Waals surface area contributed by atoms with E-state index >= 15 is 0 Å². The average molecular weight is 1810 g/mol. The van der Waals surface area contributed by atoms with E-state index in [-0.39, 0.29) is 10.6 Å². The summed E-state index contributed by atoms with van der Waals surface area (Å²) >= 11 is 0. The van der Waals surface area contributed by atoms with Crippen molar-refractivity contribution in [1.29, 1.82) is 0 Å². The highest BCUT2D eigenvalue weighted by Crippen LogP contribution is 2.48. The number of non-ortho nitro benzene ring substituents is 1. The van der Waals surface area contributed by atoms with Gasteiger partial charge in [-0.3, -0.25) is 10.1 Å². The first-order valence-electron chi connectivity index (χ1n) is 50.3. The minimum absolute atomic E-state index is 0.0240. The van der Waals surface area contributed by atoms with Crippen molar-refractivity contribution in [2.45, 2.75) is 378 Å². The molecule has 0 aromatic heterocycles. The summed E-state index contributed by atoms with van der Waals surface area (Å²) in [6, 6.07) is 52.2. The van der Waals surface area contributed by atoms with Crippen LogP contribution in [-0.4, -0.2) is 69.5 Å². The van der Waals surface area contributed by atoms with E-state index in [9.17, 15) is 10.1 Å². The van der Waals surface area contributed by atoms with Gasteiger partial charge in [0.25, 0.3) is 30.6 Å². The Morgan fingerprint density at radius 3 is 0.859 bits per heavy atom. The zero-order chi connectivity index (χ0) is 93.4. The lowest BCUT2D eigenvalue weighted by molar-refractivity contribution is -0.384. The molecular formula is C110H172N4O11Si3. The zero-order valence-electron chi connectivity index (χ0n) is 84.5. The Morgan fingerprint density at radius 2 is 0.594 bits per heavy atom. The van der Waals surface area contributed by atoms with Crippen LogP contribution >= 0.6 is 0 Å². The van der Waals surface area contributed by atoms with Gasteiger partial charge in [0.15, 0.2) is 6.29 Å². The molecule has 0 aliphatic carbocycles. The summed E-state index contributed by atoms with van der Waals surface area (Å²) in [6.07, 6.45) is 16.8. The molecule has 128 heavy (non-hydrogen) atoms. The molecule has 4 atom stereocenters. The van der Waals surface area contributed by atoms with Crippen molar-refractivity contribution in [3.05, 3.63) is 195 Å². The summed E-state index contributed by atoms with van der Waals surface area (Å²) in [7, 11) is -6.91. The summed E-state index contributed by atoms with van der Waals surface area (Å²) in [4.78, 5) is 20.1. The van der Waals surface area contributed by atoms with Crippen molar-refractivity contribution < 1.29 is 46.6 Å². The maximum absolute atomic E-state index is 13.0. The Morgan fingerprint density at radius 1 is 0.336 bits per heavy atom.